The van der Waals surface area contributed by atoms with Gasteiger partial charge in [-0.1, -0.05) is 293 Å². The Morgan fingerprint density at radius 3 is 0.737 bits per heavy atom. The Bertz CT molecular complexity index is 1400. The van der Waals surface area contributed by atoms with E-state index in [1.165, 1.54) is 212 Å². The number of hydrogen-bond acceptors (Lipinski definition) is 6. The third-order valence-corrected chi connectivity index (χ3v) is 14.4. The molecule has 6 heteroatoms. The molecule has 0 spiro atoms. The summed E-state index contributed by atoms with van der Waals surface area (Å²) in [6.45, 7) is 6.62. The van der Waals surface area contributed by atoms with E-state index in [1.54, 1.807) is 0 Å². The summed E-state index contributed by atoms with van der Waals surface area (Å²) < 4.78 is 16.9. The molecule has 0 aliphatic rings. The number of rotatable bonds is 60. The van der Waals surface area contributed by atoms with Gasteiger partial charge < -0.3 is 14.2 Å². The molecule has 0 aromatic carbocycles. The first-order valence-electron chi connectivity index (χ1n) is 32.9. The Kier molecular flexibility index (Phi) is 61.7. The number of carbonyl (C=O) groups is 3. The third-order valence-electron chi connectivity index (χ3n) is 14.4. The maximum absolute atomic E-state index is 12.9. The first kappa shape index (κ1) is 72.8. The molecule has 0 N–H and O–H groups in total. The van der Waals surface area contributed by atoms with E-state index in [0.29, 0.717) is 19.3 Å². The fourth-order valence-corrected chi connectivity index (χ4v) is 9.46. The molecule has 76 heavy (non-hydrogen) atoms. The van der Waals surface area contributed by atoms with Crippen molar-refractivity contribution in [3.8, 4) is 0 Å². The molecule has 0 fully saturated rings. The Hall–Kier alpha value is -3.15. The van der Waals surface area contributed by atoms with E-state index in [0.717, 1.165) is 83.5 Å². The summed E-state index contributed by atoms with van der Waals surface area (Å²) in [4.78, 5) is 38.2. The molecule has 0 aromatic rings. The fourth-order valence-electron chi connectivity index (χ4n) is 9.46. The molecule has 0 aliphatic heterocycles. The summed E-state index contributed by atoms with van der Waals surface area (Å²) in [5, 5.41) is 0. The molecule has 1 atom stereocenters. The highest BCUT2D eigenvalue weighted by molar-refractivity contribution is 5.71. The Morgan fingerprint density at radius 1 is 0.263 bits per heavy atom. The van der Waals surface area contributed by atoms with Gasteiger partial charge in [-0.3, -0.25) is 14.4 Å². The van der Waals surface area contributed by atoms with Crippen molar-refractivity contribution in [2.24, 2.45) is 0 Å². The summed E-state index contributed by atoms with van der Waals surface area (Å²) in [5.74, 6) is -0.875. The second-order valence-electron chi connectivity index (χ2n) is 22.0. The molecule has 0 aromatic heterocycles. The van der Waals surface area contributed by atoms with E-state index in [2.05, 4.69) is 93.7 Å². The number of ether oxygens (including phenoxy) is 3. The van der Waals surface area contributed by atoms with Crippen LogP contribution in [-0.4, -0.2) is 37.2 Å². The Morgan fingerprint density at radius 2 is 0.474 bits per heavy atom. The molecule has 0 saturated heterocycles. The average molecular weight is 1060 g/mol. The van der Waals surface area contributed by atoms with Crippen LogP contribution in [0.5, 0.6) is 0 Å². The second-order valence-corrected chi connectivity index (χ2v) is 22.0. The van der Waals surface area contributed by atoms with Crippen LogP contribution in [-0.2, 0) is 28.6 Å². The molecule has 0 heterocycles. The smallest absolute Gasteiger partial charge is 0.306 e. The normalized spacial score (nSPS) is 12.5. The zero-order chi connectivity index (χ0) is 55.0. The van der Waals surface area contributed by atoms with Crippen molar-refractivity contribution in [3.63, 3.8) is 0 Å². The van der Waals surface area contributed by atoms with Gasteiger partial charge in [0.1, 0.15) is 13.2 Å². The minimum Gasteiger partial charge on any atom is -0.462 e. The molecule has 0 saturated carbocycles. The van der Waals surface area contributed by atoms with Crippen LogP contribution in [0.2, 0.25) is 0 Å². The minimum atomic E-state index is -0.778. The van der Waals surface area contributed by atoms with Crippen LogP contribution in [0.1, 0.15) is 335 Å². The van der Waals surface area contributed by atoms with Crippen LogP contribution in [0.25, 0.3) is 0 Å². The largest absolute Gasteiger partial charge is 0.462 e. The summed E-state index contributed by atoms with van der Waals surface area (Å²) in [7, 11) is 0. The minimum absolute atomic E-state index is 0.0759. The van der Waals surface area contributed by atoms with E-state index in [1.807, 2.05) is 0 Å². The van der Waals surface area contributed by atoms with Crippen molar-refractivity contribution in [2.45, 2.75) is 341 Å². The standard InChI is InChI=1S/C70H124O6/c1-4-7-10-13-16-19-21-23-25-27-29-31-33-35-37-39-41-43-45-47-49-51-54-57-60-63-69(72)75-66-67(65-74-68(71)62-59-56-53-18-15-12-9-6-3)76-70(73)64-61-58-55-52-50-48-46-44-42-40-38-36-34-32-30-28-26-24-22-20-17-14-11-8-5-2/h21-24,27-30,33-36,67H,4-20,25-26,31-32,37-66H2,1-3H3/b23-21-,24-22-,29-27-,30-28-,35-33-,36-34-. The van der Waals surface area contributed by atoms with Crippen LogP contribution in [0, 0.1) is 0 Å². The maximum atomic E-state index is 12.9. The zero-order valence-electron chi connectivity index (χ0n) is 50.5. The molecule has 0 rings (SSSR count). The SMILES string of the molecule is CCCCCCC/C=C\C/C=C\C/C=C\CCCCCCCCCCCCC(=O)OCC(COC(=O)CCCCCCCCCC)OC(=O)CCCCCCCCCCCC/C=C\C/C=C\C/C=C\CCCCCCC. The van der Waals surface area contributed by atoms with Gasteiger partial charge in [0.25, 0.3) is 0 Å². The molecule has 1 unspecified atom stereocenters. The van der Waals surface area contributed by atoms with Gasteiger partial charge in [0.15, 0.2) is 6.10 Å². The van der Waals surface area contributed by atoms with Crippen LogP contribution >= 0.6 is 0 Å². The van der Waals surface area contributed by atoms with Crippen LogP contribution in [0.3, 0.4) is 0 Å². The zero-order valence-corrected chi connectivity index (χ0v) is 50.5. The van der Waals surface area contributed by atoms with Gasteiger partial charge in [-0.2, -0.15) is 0 Å². The molecule has 0 amide bonds. The molecule has 0 radical (unpaired) electrons. The van der Waals surface area contributed by atoms with Crippen molar-refractivity contribution in [2.75, 3.05) is 13.2 Å². The molecule has 440 valence electrons. The average Bonchev–Trinajstić information content (AvgIpc) is 3.42. The lowest BCUT2D eigenvalue weighted by molar-refractivity contribution is -0.167. The van der Waals surface area contributed by atoms with Crippen molar-refractivity contribution < 1.29 is 28.6 Å². The van der Waals surface area contributed by atoms with Gasteiger partial charge in [-0.05, 0) is 96.3 Å². The maximum Gasteiger partial charge on any atom is 0.306 e. The van der Waals surface area contributed by atoms with Gasteiger partial charge >= 0.3 is 17.9 Å². The van der Waals surface area contributed by atoms with Gasteiger partial charge in [-0.15, -0.1) is 0 Å². The van der Waals surface area contributed by atoms with E-state index in [-0.39, 0.29) is 31.1 Å². The van der Waals surface area contributed by atoms with Crippen LogP contribution < -0.4 is 0 Å². The quantitative estimate of drug-likeness (QED) is 0.0261. The number of allylic oxidation sites excluding steroid dienone is 12. The summed E-state index contributed by atoms with van der Waals surface area (Å²) in [5.41, 5.74) is 0. The van der Waals surface area contributed by atoms with E-state index < -0.39 is 6.10 Å². The number of carbonyl (C=O) groups excluding carboxylic acids is 3. The topological polar surface area (TPSA) is 78.9 Å². The Balaban J connectivity index is 4.18. The van der Waals surface area contributed by atoms with Gasteiger partial charge in [0, 0.05) is 19.3 Å². The first-order valence-corrected chi connectivity index (χ1v) is 32.9. The summed E-state index contributed by atoms with van der Waals surface area (Å²) >= 11 is 0. The van der Waals surface area contributed by atoms with Crippen molar-refractivity contribution >= 4 is 17.9 Å². The third kappa shape index (κ3) is 61.7. The Labute approximate surface area is 472 Å². The molecule has 0 bridgehead atoms. The van der Waals surface area contributed by atoms with Gasteiger partial charge in [0.05, 0.1) is 0 Å². The first-order chi connectivity index (χ1) is 37.5. The number of hydrogen-bond donors (Lipinski definition) is 0. The molecule has 0 aliphatic carbocycles. The fraction of sp³-hybridized carbons (Fsp3) is 0.786. The number of unbranched alkanes of at least 4 members (excludes halogenated alkanes) is 37. The van der Waals surface area contributed by atoms with Gasteiger partial charge in [0.2, 0.25) is 0 Å². The van der Waals surface area contributed by atoms with E-state index >= 15 is 0 Å². The van der Waals surface area contributed by atoms with Crippen LogP contribution in [0.4, 0.5) is 0 Å². The van der Waals surface area contributed by atoms with Gasteiger partial charge in [-0.25, -0.2) is 0 Å². The predicted octanol–water partition coefficient (Wildman–Crippen LogP) is 22.5. The van der Waals surface area contributed by atoms with Crippen molar-refractivity contribution in [1.82, 2.24) is 0 Å². The number of esters is 3. The highest BCUT2D eigenvalue weighted by Gasteiger charge is 2.19. The summed E-state index contributed by atoms with van der Waals surface area (Å²) in [6, 6.07) is 0. The highest BCUT2D eigenvalue weighted by atomic mass is 16.6. The second kappa shape index (κ2) is 64.4. The lowest BCUT2D eigenvalue weighted by atomic mass is 10.0. The summed E-state index contributed by atoms with van der Waals surface area (Å²) in [6.07, 6.45) is 83.5. The van der Waals surface area contributed by atoms with Crippen molar-refractivity contribution in [3.05, 3.63) is 72.9 Å². The highest BCUT2D eigenvalue weighted by Crippen LogP contribution is 2.16. The molecular formula is C70H124O6. The lowest BCUT2D eigenvalue weighted by Gasteiger charge is -2.18. The predicted molar refractivity (Wildman–Crippen MR) is 330 cm³/mol. The molecule has 6 nitrogen and oxygen atoms in total. The molecular weight excluding hydrogens is 937 g/mol. The van der Waals surface area contributed by atoms with E-state index in [4.69, 9.17) is 14.2 Å². The van der Waals surface area contributed by atoms with Crippen molar-refractivity contribution in [1.29, 1.82) is 0 Å². The monoisotopic (exact) mass is 1060 g/mol. The lowest BCUT2D eigenvalue weighted by Crippen LogP contribution is -2.30. The van der Waals surface area contributed by atoms with E-state index in [9.17, 15) is 14.4 Å². The van der Waals surface area contributed by atoms with Crippen LogP contribution in [0.15, 0.2) is 72.9 Å².